The molecule has 0 saturated carbocycles. The largest absolute Gasteiger partial charge is 0.489 e. The lowest BCUT2D eigenvalue weighted by Gasteiger charge is -2.15. The predicted molar refractivity (Wildman–Crippen MR) is 109 cm³/mol. The van der Waals surface area contributed by atoms with E-state index in [0.29, 0.717) is 22.9 Å². The molecule has 0 aromatic heterocycles. The van der Waals surface area contributed by atoms with E-state index in [1.165, 1.54) is 5.56 Å². The Kier molecular flexibility index (Phi) is 6.15. The highest BCUT2D eigenvalue weighted by atomic mass is 35.5. The minimum absolute atomic E-state index is 0.0780. The van der Waals surface area contributed by atoms with E-state index in [9.17, 15) is 4.79 Å². The van der Waals surface area contributed by atoms with Gasteiger partial charge >= 0.3 is 0 Å². The lowest BCUT2D eigenvalue weighted by Crippen LogP contribution is -2.26. The normalized spacial score (nSPS) is 11.7. The zero-order chi connectivity index (χ0) is 19.2. The molecule has 0 bridgehead atoms. The minimum Gasteiger partial charge on any atom is -0.489 e. The van der Waals surface area contributed by atoms with Gasteiger partial charge in [0.25, 0.3) is 5.91 Å². The predicted octanol–water partition coefficient (Wildman–Crippen LogP) is 5.72. The Balaban J connectivity index is 1.64. The maximum atomic E-state index is 12.6. The average Bonchev–Trinajstić information content (AvgIpc) is 2.68. The fourth-order valence-electron chi connectivity index (χ4n) is 2.72. The van der Waals surface area contributed by atoms with Crippen molar-refractivity contribution >= 4 is 17.5 Å². The van der Waals surface area contributed by atoms with Crippen molar-refractivity contribution in [2.24, 2.45) is 0 Å². The number of rotatable bonds is 6. The lowest BCUT2D eigenvalue weighted by molar-refractivity contribution is 0.0939. The van der Waals surface area contributed by atoms with Crippen LogP contribution in [-0.2, 0) is 6.61 Å². The Morgan fingerprint density at radius 3 is 2.52 bits per heavy atom. The lowest BCUT2D eigenvalue weighted by atomic mass is 10.1. The van der Waals surface area contributed by atoms with Crippen LogP contribution < -0.4 is 10.1 Å². The van der Waals surface area contributed by atoms with E-state index < -0.39 is 0 Å². The number of benzene rings is 3. The molecule has 0 fully saturated rings. The van der Waals surface area contributed by atoms with Gasteiger partial charge in [-0.25, -0.2) is 0 Å². The molecule has 0 radical (unpaired) electrons. The van der Waals surface area contributed by atoms with Gasteiger partial charge in [0, 0.05) is 16.1 Å². The maximum Gasteiger partial charge on any atom is 0.251 e. The summed E-state index contributed by atoms with van der Waals surface area (Å²) < 4.78 is 5.80. The van der Waals surface area contributed by atoms with Gasteiger partial charge in [0.05, 0.1) is 6.04 Å². The van der Waals surface area contributed by atoms with Crippen molar-refractivity contribution in [3.05, 3.63) is 100 Å². The molecule has 0 aliphatic heterocycles. The van der Waals surface area contributed by atoms with Crippen LogP contribution in [0.4, 0.5) is 0 Å². The average molecular weight is 380 g/mol. The van der Waals surface area contributed by atoms with E-state index in [1.54, 1.807) is 12.1 Å². The highest BCUT2D eigenvalue weighted by Gasteiger charge is 2.12. The van der Waals surface area contributed by atoms with Crippen LogP contribution in [0.3, 0.4) is 0 Å². The molecule has 1 atom stereocenters. The molecule has 0 saturated heterocycles. The SMILES string of the molecule is Cc1ccc([C@@H](C)NC(=O)c2cccc(OCc3ccccc3Cl)c2)cc1. The summed E-state index contributed by atoms with van der Waals surface area (Å²) in [4.78, 5) is 12.6. The Hall–Kier alpha value is -2.78. The first-order valence-corrected chi connectivity index (χ1v) is 9.24. The second-order valence-electron chi connectivity index (χ2n) is 6.51. The third-order valence-corrected chi connectivity index (χ3v) is 4.74. The highest BCUT2D eigenvalue weighted by molar-refractivity contribution is 6.31. The van der Waals surface area contributed by atoms with Gasteiger partial charge < -0.3 is 10.1 Å². The van der Waals surface area contributed by atoms with Gasteiger partial charge in [-0.05, 0) is 43.7 Å². The van der Waals surface area contributed by atoms with Crippen molar-refractivity contribution in [1.82, 2.24) is 5.32 Å². The van der Waals surface area contributed by atoms with E-state index in [-0.39, 0.29) is 11.9 Å². The van der Waals surface area contributed by atoms with E-state index in [0.717, 1.165) is 11.1 Å². The number of halogens is 1. The molecule has 138 valence electrons. The molecule has 3 aromatic rings. The van der Waals surface area contributed by atoms with Crippen LogP contribution in [0.15, 0.2) is 72.8 Å². The summed E-state index contributed by atoms with van der Waals surface area (Å²) in [6, 6.07) is 22.8. The van der Waals surface area contributed by atoms with Gasteiger partial charge in [-0.1, -0.05) is 65.7 Å². The number of nitrogens with one attached hydrogen (secondary N) is 1. The molecular formula is C23H22ClNO2. The molecule has 4 heteroatoms. The Labute approximate surface area is 164 Å². The van der Waals surface area contributed by atoms with E-state index in [2.05, 4.69) is 5.32 Å². The number of carbonyl (C=O) groups excluding carboxylic acids is 1. The standard InChI is InChI=1S/C23H22ClNO2/c1-16-10-12-18(13-11-16)17(2)25-23(26)19-7-5-8-21(14-19)27-15-20-6-3-4-9-22(20)24/h3-14,17H,15H2,1-2H3,(H,25,26)/t17-/m1/s1. The smallest absolute Gasteiger partial charge is 0.251 e. The Bertz CT molecular complexity index is 922. The Morgan fingerprint density at radius 1 is 1.04 bits per heavy atom. The van der Waals surface area contributed by atoms with Crippen molar-refractivity contribution in [3.63, 3.8) is 0 Å². The number of hydrogen-bond donors (Lipinski definition) is 1. The van der Waals surface area contributed by atoms with Gasteiger partial charge in [0.15, 0.2) is 0 Å². The molecule has 1 amide bonds. The van der Waals surface area contributed by atoms with Crippen LogP contribution >= 0.6 is 11.6 Å². The van der Waals surface area contributed by atoms with Crippen LogP contribution in [0.25, 0.3) is 0 Å². The first-order chi connectivity index (χ1) is 13.0. The summed E-state index contributed by atoms with van der Waals surface area (Å²) >= 11 is 6.15. The second kappa shape index (κ2) is 8.74. The van der Waals surface area contributed by atoms with Crippen LogP contribution in [0.1, 0.15) is 40.0 Å². The summed E-state index contributed by atoms with van der Waals surface area (Å²) in [5, 5.41) is 3.69. The molecule has 0 unspecified atom stereocenters. The van der Waals surface area contributed by atoms with Crippen LogP contribution in [0, 0.1) is 6.92 Å². The topological polar surface area (TPSA) is 38.3 Å². The third kappa shape index (κ3) is 5.11. The van der Waals surface area contributed by atoms with Crippen molar-refractivity contribution in [3.8, 4) is 5.75 Å². The van der Waals surface area contributed by atoms with E-state index in [4.69, 9.17) is 16.3 Å². The van der Waals surface area contributed by atoms with Gasteiger partial charge in [0.1, 0.15) is 12.4 Å². The molecule has 0 aliphatic rings. The van der Waals surface area contributed by atoms with Gasteiger partial charge in [-0.2, -0.15) is 0 Å². The number of ether oxygens (including phenoxy) is 1. The van der Waals surface area contributed by atoms with Crippen LogP contribution in [-0.4, -0.2) is 5.91 Å². The first kappa shape index (κ1) is 19.0. The number of hydrogen-bond acceptors (Lipinski definition) is 2. The van der Waals surface area contributed by atoms with Gasteiger partial charge in [-0.3, -0.25) is 4.79 Å². The summed E-state index contributed by atoms with van der Waals surface area (Å²) in [5.74, 6) is 0.497. The second-order valence-corrected chi connectivity index (χ2v) is 6.92. The summed E-state index contributed by atoms with van der Waals surface area (Å²) in [5.41, 5.74) is 3.73. The molecule has 0 heterocycles. The van der Waals surface area contributed by atoms with E-state index in [1.807, 2.05) is 74.5 Å². The molecule has 3 nitrogen and oxygen atoms in total. The minimum atomic E-state index is -0.133. The van der Waals surface area contributed by atoms with Crippen LogP contribution in [0.2, 0.25) is 5.02 Å². The van der Waals surface area contributed by atoms with Gasteiger partial charge in [0.2, 0.25) is 0 Å². The third-order valence-electron chi connectivity index (χ3n) is 4.37. The van der Waals surface area contributed by atoms with Gasteiger partial charge in [-0.15, -0.1) is 0 Å². The molecular weight excluding hydrogens is 358 g/mol. The van der Waals surface area contributed by atoms with Crippen molar-refractivity contribution in [1.29, 1.82) is 0 Å². The first-order valence-electron chi connectivity index (χ1n) is 8.86. The van der Waals surface area contributed by atoms with Crippen molar-refractivity contribution in [2.75, 3.05) is 0 Å². The summed E-state index contributed by atoms with van der Waals surface area (Å²) in [6.07, 6.45) is 0. The molecule has 3 rings (SSSR count). The summed E-state index contributed by atoms with van der Waals surface area (Å²) in [7, 11) is 0. The van der Waals surface area contributed by atoms with Crippen molar-refractivity contribution < 1.29 is 9.53 Å². The quantitative estimate of drug-likeness (QED) is 0.595. The number of aryl methyl sites for hydroxylation is 1. The van der Waals surface area contributed by atoms with Crippen LogP contribution in [0.5, 0.6) is 5.75 Å². The number of carbonyl (C=O) groups is 1. The van der Waals surface area contributed by atoms with E-state index >= 15 is 0 Å². The summed E-state index contributed by atoms with van der Waals surface area (Å²) in [6.45, 7) is 4.37. The highest BCUT2D eigenvalue weighted by Crippen LogP contribution is 2.20. The zero-order valence-corrected chi connectivity index (χ0v) is 16.2. The van der Waals surface area contributed by atoms with Crippen molar-refractivity contribution in [2.45, 2.75) is 26.5 Å². The zero-order valence-electron chi connectivity index (χ0n) is 15.4. The Morgan fingerprint density at radius 2 is 1.78 bits per heavy atom. The molecule has 0 aliphatic carbocycles. The molecule has 1 N–H and O–H groups in total. The fraction of sp³-hybridized carbons (Fsp3) is 0.174. The monoisotopic (exact) mass is 379 g/mol. The maximum absolute atomic E-state index is 12.6. The molecule has 0 spiro atoms. The fourth-order valence-corrected chi connectivity index (χ4v) is 2.91. The number of amides is 1. The molecule has 3 aromatic carbocycles. The molecule has 27 heavy (non-hydrogen) atoms.